The number of carbonyl (C=O) groups excluding carboxylic acids is 1. The van der Waals surface area contributed by atoms with Gasteiger partial charge in [-0.1, -0.05) is 29.1 Å². The molecule has 0 saturated carbocycles. The molecule has 1 aliphatic heterocycles. The topological polar surface area (TPSA) is 20.3 Å². The van der Waals surface area contributed by atoms with Crippen molar-refractivity contribution in [3.05, 3.63) is 27.7 Å². The summed E-state index contributed by atoms with van der Waals surface area (Å²) in [7, 11) is 0. The van der Waals surface area contributed by atoms with E-state index in [0.29, 0.717) is 34.3 Å². The van der Waals surface area contributed by atoms with Crippen molar-refractivity contribution in [2.45, 2.75) is 6.42 Å². The molecule has 1 aromatic carbocycles. The van der Waals surface area contributed by atoms with Gasteiger partial charge in [0, 0.05) is 18.5 Å². The van der Waals surface area contributed by atoms with E-state index in [0.717, 1.165) is 0 Å². The summed E-state index contributed by atoms with van der Waals surface area (Å²) in [4.78, 5) is 12.9. The van der Waals surface area contributed by atoms with E-state index < -0.39 is 0 Å². The maximum Gasteiger partial charge on any atom is 0.228 e. The Kier molecular flexibility index (Phi) is 2.60. The lowest BCUT2D eigenvalue weighted by atomic mass is 10.1. The largest absolute Gasteiger partial charge is 0.309 e. The van der Waals surface area contributed by atoms with E-state index in [2.05, 4.69) is 5.92 Å². The standard InChI is InChI=1S/C11H7Cl2NO/c1-2-7-3-4-8(12)10(13)11(7)14-6-5-9(14)15/h1,3-4H,5-6H2. The summed E-state index contributed by atoms with van der Waals surface area (Å²) in [6, 6.07) is 3.32. The highest BCUT2D eigenvalue weighted by Crippen LogP contribution is 2.37. The Morgan fingerprint density at radius 3 is 2.60 bits per heavy atom. The third-order valence-corrected chi connectivity index (χ3v) is 3.14. The summed E-state index contributed by atoms with van der Waals surface area (Å²) in [6.07, 6.45) is 5.88. The highest BCUT2D eigenvalue weighted by molar-refractivity contribution is 6.44. The van der Waals surface area contributed by atoms with Gasteiger partial charge < -0.3 is 4.90 Å². The van der Waals surface area contributed by atoms with Gasteiger partial charge in [0.25, 0.3) is 0 Å². The van der Waals surface area contributed by atoms with Gasteiger partial charge in [-0.2, -0.15) is 0 Å². The predicted octanol–water partition coefficient (Wildman–Crippen LogP) is 2.71. The molecule has 1 heterocycles. The first kappa shape index (κ1) is 10.4. The smallest absolute Gasteiger partial charge is 0.228 e. The van der Waals surface area contributed by atoms with Crippen LogP contribution in [0.1, 0.15) is 12.0 Å². The molecular weight excluding hydrogens is 233 g/mol. The molecule has 15 heavy (non-hydrogen) atoms. The van der Waals surface area contributed by atoms with Crippen LogP contribution < -0.4 is 4.90 Å². The third-order valence-electron chi connectivity index (χ3n) is 2.34. The van der Waals surface area contributed by atoms with Crippen LogP contribution in [0.2, 0.25) is 10.0 Å². The van der Waals surface area contributed by atoms with E-state index in [9.17, 15) is 4.79 Å². The fourth-order valence-corrected chi connectivity index (χ4v) is 1.89. The Hall–Kier alpha value is -1.17. The highest BCUT2D eigenvalue weighted by Gasteiger charge is 2.29. The van der Waals surface area contributed by atoms with Gasteiger partial charge in [0.1, 0.15) is 0 Å². The van der Waals surface area contributed by atoms with E-state index in [-0.39, 0.29) is 5.91 Å². The maximum atomic E-state index is 11.3. The second kappa shape index (κ2) is 3.77. The van der Waals surface area contributed by atoms with E-state index in [1.807, 2.05) is 0 Å². The lowest BCUT2D eigenvalue weighted by Gasteiger charge is -2.32. The Morgan fingerprint density at radius 2 is 2.13 bits per heavy atom. The van der Waals surface area contributed by atoms with Gasteiger partial charge in [0.05, 0.1) is 15.7 Å². The number of nitrogens with zero attached hydrogens (tertiary/aromatic N) is 1. The molecular formula is C11H7Cl2NO. The SMILES string of the molecule is C#Cc1ccc(Cl)c(Cl)c1N1CCC1=O. The fraction of sp³-hybridized carbons (Fsp3) is 0.182. The van der Waals surface area contributed by atoms with Crippen molar-refractivity contribution in [3.63, 3.8) is 0 Å². The lowest BCUT2D eigenvalue weighted by Crippen LogP contribution is -2.44. The minimum atomic E-state index is 0.0238. The van der Waals surface area contributed by atoms with Crippen LogP contribution in [-0.2, 0) is 4.79 Å². The molecule has 0 bridgehead atoms. The number of terminal acetylenes is 1. The average Bonchev–Trinajstić information content (AvgIpc) is 2.23. The minimum Gasteiger partial charge on any atom is -0.309 e. The molecule has 4 heteroatoms. The van der Waals surface area contributed by atoms with Crippen LogP contribution in [0.25, 0.3) is 0 Å². The minimum absolute atomic E-state index is 0.0238. The van der Waals surface area contributed by atoms with Gasteiger partial charge in [-0.25, -0.2) is 0 Å². The second-order valence-corrected chi connectivity index (χ2v) is 3.98. The number of hydrogen-bond donors (Lipinski definition) is 0. The van der Waals surface area contributed by atoms with Gasteiger partial charge in [0.2, 0.25) is 5.91 Å². The van der Waals surface area contributed by atoms with Crippen LogP contribution in [0.3, 0.4) is 0 Å². The molecule has 2 rings (SSSR count). The Balaban J connectivity index is 2.57. The molecule has 0 spiro atoms. The number of benzene rings is 1. The van der Waals surface area contributed by atoms with Gasteiger partial charge in [-0.05, 0) is 12.1 Å². The molecule has 0 radical (unpaired) electrons. The first-order valence-electron chi connectivity index (χ1n) is 4.40. The van der Waals surface area contributed by atoms with Crippen molar-refractivity contribution >= 4 is 34.8 Å². The molecule has 1 amide bonds. The van der Waals surface area contributed by atoms with Gasteiger partial charge in [-0.15, -0.1) is 6.42 Å². The summed E-state index contributed by atoms with van der Waals surface area (Å²) < 4.78 is 0. The zero-order valence-electron chi connectivity index (χ0n) is 7.76. The van der Waals surface area contributed by atoms with Crippen molar-refractivity contribution in [2.24, 2.45) is 0 Å². The number of hydrogen-bond acceptors (Lipinski definition) is 1. The quantitative estimate of drug-likeness (QED) is 0.546. The predicted molar refractivity (Wildman–Crippen MR) is 61.4 cm³/mol. The number of carbonyl (C=O) groups is 1. The van der Waals surface area contributed by atoms with Crippen LogP contribution in [0, 0.1) is 12.3 Å². The molecule has 2 nitrogen and oxygen atoms in total. The van der Waals surface area contributed by atoms with E-state index >= 15 is 0 Å². The molecule has 1 fully saturated rings. The zero-order valence-corrected chi connectivity index (χ0v) is 9.27. The van der Waals surface area contributed by atoms with Crippen molar-refractivity contribution in [1.82, 2.24) is 0 Å². The summed E-state index contributed by atoms with van der Waals surface area (Å²) in [5, 5.41) is 0.755. The van der Waals surface area contributed by atoms with Crippen LogP contribution >= 0.6 is 23.2 Å². The second-order valence-electron chi connectivity index (χ2n) is 3.20. The fourth-order valence-electron chi connectivity index (χ4n) is 1.47. The molecule has 0 N–H and O–H groups in total. The summed E-state index contributed by atoms with van der Waals surface area (Å²) in [6.45, 7) is 0.646. The van der Waals surface area contributed by atoms with Gasteiger partial charge in [0.15, 0.2) is 0 Å². The van der Waals surface area contributed by atoms with Crippen molar-refractivity contribution in [2.75, 3.05) is 11.4 Å². The van der Waals surface area contributed by atoms with Gasteiger partial charge >= 0.3 is 0 Å². The first-order valence-corrected chi connectivity index (χ1v) is 5.15. The first-order chi connectivity index (χ1) is 7.15. The van der Waals surface area contributed by atoms with Crippen LogP contribution in [0.4, 0.5) is 5.69 Å². The number of rotatable bonds is 1. The summed E-state index contributed by atoms with van der Waals surface area (Å²) >= 11 is 11.9. The van der Waals surface area contributed by atoms with Crippen molar-refractivity contribution < 1.29 is 4.79 Å². The highest BCUT2D eigenvalue weighted by atomic mass is 35.5. The lowest BCUT2D eigenvalue weighted by molar-refractivity contribution is -0.122. The Morgan fingerprint density at radius 1 is 1.40 bits per heavy atom. The molecule has 1 saturated heterocycles. The number of anilines is 1. The van der Waals surface area contributed by atoms with Crippen LogP contribution in [-0.4, -0.2) is 12.5 Å². The van der Waals surface area contributed by atoms with Crippen LogP contribution in [0.15, 0.2) is 12.1 Å². The van der Waals surface area contributed by atoms with Gasteiger partial charge in [-0.3, -0.25) is 4.79 Å². The maximum absolute atomic E-state index is 11.3. The number of β-lactam (4-membered cyclic amide) rings is 1. The zero-order chi connectivity index (χ0) is 11.0. The monoisotopic (exact) mass is 239 g/mol. The molecule has 76 valence electrons. The van der Waals surface area contributed by atoms with E-state index in [1.54, 1.807) is 17.0 Å². The summed E-state index contributed by atoms with van der Waals surface area (Å²) in [5.41, 5.74) is 1.15. The molecule has 0 atom stereocenters. The Bertz CT molecular complexity index is 476. The van der Waals surface area contributed by atoms with Crippen molar-refractivity contribution in [3.8, 4) is 12.3 Å². The molecule has 1 aromatic rings. The van der Waals surface area contributed by atoms with E-state index in [1.165, 1.54) is 0 Å². The normalized spacial score (nSPS) is 14.7. The third kappa shape index (κ3) is 1.58. The van der Waals surface area contributed by atoms with Crippen LogP contribution in [0.5, 0.6) is 0 Å². The summed E-state index contributed by atoms with van der Waals surface area (Å²) in [5.74, 6) is 2.52. The number of halogens is 2. The number of amides is 1. The molecule has 0 aromatic heterocycles. The average molecular weight is 240 g/mol. The molecule has 0 unspecified atom stereocenters. The van der Waals surface area contributed by atoms with E-state index in [4.69, 9.17) is 29.6 Å². The Labute approximate surface area is 97.8 Å². The van der Waals surface area contributed by atoms with Crippen molar-refractivity contribution in [1.29, 1.82) is 0 Å². The molecule has 0 aliphatic carbocycles. The molecule has 1 aliphatic rings.